The quantitative estimate of drug-likeness (QED) is 0.563. The molecule has 0 spiro atoms. The van der Waals surface area contributed by atoms with Crippen molar-refractivity contribution < 1.29 is 9.84 Å². The Morgan fingerprint density at radius 3 is 2.50 bits per heavy atom. The molecule has 1 N–H and O–H groups in total. The lowest BCUT2D eigenvalue weighted by Gasteiger charge is -2.46. The van der Waals surface area contributed by atoms with E-state index in [2.05, 4.69) is 4.90 Å². The molecule has 2 atom stereocenters. The molecule has 0 radical (unpaired) electrons. The molecule has 3 saturated heterocycles. The molecule has 3 nitrogen and oxygen atoms in total. The van der Waals surface area contributed by atoms with Gasteiger partial charge >= 0.3 is 0 Å². The van der Waals surface area contributed by atoms with Crippen LogP contribution in [-0.4, -0.2) is 48.5 Å². The third-order valence-corrected chi connectivity index (χ3v) is 2.25. The summed E-state index contributed by atoms with van der Waals surface area (Å²) in [6.07, 6.45) is 2.19. The van der Waals surface area contributed by atoms with Crippen LogP contribution >= 0.6 is 0 Å². The number of hydrogen-bond acceptors (Lipinski definition) is 3. The predicted molar refractivity (Wildman–Crippen MR) is 36.8 cm³/mol. The Bertz CT molecular complexity index is 113. The molecular weight excluding hydrogens is 130 g/mol. The molecule has 3 heteroatoms. The second-order valence-corrected chi connectivity index (χ2v) is 3.10. The Balaban J connectivity index is 1.80. The minimum Gasteiger partial charge on any atom is -0.395 e. The van der Waals surface area contributed by atoms with E-state index in [1.165, 1.54) is 6.42 Å². The van der Waals surface area contributed by atoms with Crippen LogP contribution in [0.15, 0.2) is 0 Å². The van der Waals surface area contributed by atoms with Gasteiger partial charge in [0.1, 0.15) is 0 Å². The van der Waals surface area contributed by atoms with E-state index in [9.17, 15) is 0 Å². The number of ether oxygens (including phenoxy) is 1. The van der Waals surface area contributed by atoms with E-state index < -0.39 is 0 Å². The summed E-state index contributed by atoms with van der Waals surface area (Å²) in [5, 5.41) is 8.64. The minimum absolute atomic E-state index is 0.277. The molecular formula is C7H13NO2. The molecule has 3 aliphatic rings. The highest BCUT2D eigenvalue weighted by Crippen LogP contribution is 2.27. The smallest absolute Gasteiger partial charge is 0.0731 e. The van der Waals surface area contributed by atoms with Gasteiger partial charge in [0.15, 0.2) is 0 Å². The Kier molecular flexibility index (Phi) is 1.64. The summed E-state index contributed by atoms with van der Waals surface area (Å²) in [6, 6.07) is 0. The van der Waals surface area contributed by atoms with Crippen molar-refractivity contribution in [3.63, 3.8) is 0 Å². The Labute approximate surface area is 60.6 Å². The molecule has 0 aromatic rings. The highest BCUT2D eigenvalue weighted by atomic mass is 16.5. The molecule has 0 aliphatic carbocycles. The Morgan fingerprint density at radius 2 is 2.00 bits per heavy atom. The van der Waals surface area contributed by atoms with Crippen LogP contribution in [-0.2, 0) is 4.74 Å². The fraction of sp³-hybridized carbons (Fsp3) is 1.00. The second kappa shape index (κ2) is 2.49. The first-order chi connectivity index (χ1) is 4.88. The van der Waals surface area contributed by atoms with Crippen molar-refractivity contribution >= 4 is 0 Å². The number of fused-ring (bicyclic) bond motifs is 2. The SMILES string of the molecule is OCCN1CC2CC(C1)O2. The molecule has 0 amide bonds. The average Bonchev–Trinajstić information content (AvgIpc) is 1.87. The largest absolute Gasteiger partial charge is 0.395 e. The van der Waals surface area contributed by atoms with E-state index in [0.717, 1.165) is 19.6 Å². The van der Waals surface area contributed by atoms with Crippen LogP contribution in [0.5, 0.6) is 0 Å². The number of rotatable bonds is 2. The van der Waals surface area contributed by atoms with Crippen molar-refractivity contribution in [3.8, 4) is 0 Å². The predicted octanol–water partition coefficient (Wildman–Crippen LogP) is -0.548. The first-order valence-electron chi connectivity index (χ1n) is 3.87. The lowest BCUT2D eigenvalue weighted by atomic mass is 9.99. The molecule has 0 saturated carbocycles. The number of nitrogens with zero attached hydrogens (tertiary/aromatic N) is 1. The number of aliphatic hydroxyl groups is 1. The van der Waals surface area contributed by atoms with Crippen LogP contribution in [0.25, 0.3) is 0 Å². The topological polar surface area (TPSA) is 32.7 Å². The molecule has 2 bridgehead atoms. The van der Waals surface area contributed by atoms with Crippen LogP contribution in [0.2, 0.25) is 0 Å². The van der Waals surface area contributed by atoms with Crippen molar-refractivity contribution in [2.75, 3.05) is 26.2 Å². The second-order valence-electron chi connectivity index (χ2n) is 3.10. The molecule has 3 rings (SSSR count). The lowest BCUT2D eigenvalue weighted by molar-refractivity contribution is -0.181. The maximum atomic E-state index is 8.64. The molecule has 3 fully saturated rings. The van der Waals surface area contributed by atoms with Crippen LogP contribution in [0.4, 0.5) is 0 Å². The maximum absolute atomic E-state index is 8.64. The maximum Gasteiger partial charge on any atom is 0.0731 e. The third kappa shape index (κ3) is 1.05. The van der Waals surface area contributed by atoms with Gasteiger partial charge in [-0.05, 0) is 0 Å². The first kappa shape index (κ1) is 6.58. The fourth-order valence-corrected chi connectivity index (χ4v) is 1.76. The zero-order valence-electron chi connectivity index (χ0n) is 5.99. The Morgan fingerprint density at radius 1 is 1.40 bits per heavy atom. The summed E-state index contributed by atoms with van der Waals surface area (Å²) in [6.45, 7) is 3.14. The monoisotopic (exact) mass is 143 g/mol. The van der Waals surface area contributed by atoms with Gasteiger partial charge in [0.05, 0.1) is 18.8 Å². The fourth-order valence-electron chi connectivity index (χ4n) is 1.76. The van der Waals surface area contributed by atoms with Crippen LogP contribution in [0.3, 0.4) is 0 Å². The van der Waals surface area contributed by atoms with E-state index in [0.29, 0.717) is 12.2 Å². The van der Waals surface area contributed by atoms with Gasteiger partial charge in [-0.15, -0.1) is 0 Å². The first-order valence-corrected chi connectivity index (χ1v) is 3.87. The van der Waals surface area contributed by atoms with Crippen molar-refractivity contribution in [1.82, 2.24) is 4.90 Å². The van der Waals surface area contributed by atoms with Gasteiger partial charge in [-0.2, -0.15) is 0 Å². The van der Waals surface area contributed by atoms with Gasteiger partial charge in [-0.25, -0.2) is 0 Å². The Hall–Kier alpha value is -0.120. The summed E-state index contributed by atoms with van der Waals surface area (Å²) >= 11 is 0. The van der Waals surface area contributed by atoms with E-state index >= 15 is 0 Å². The van der Waals surface area contributed by atoms with Crippen LogP contribution in [0.1, 0.15) is 6.42 Å². The van der Waals surface area contributed by atoms with Gasteiger partial charge in [-0.1, -0.05) is 0 Å². The van der Waals surface area contributed by atoms with E-state index in [1.807, 2.05) is 0 Å². The van der Waals surface area contributed by atoms with E-state index in [1.54, 1.807) is 0 Å². The van der Waals surface area contributed by atoms with Crippen molar-refractivity contribution in [2.45, 2.75) is 18.6 Å². The number of morpholine rings is 1. The zero-order chi connectivity index (χ0) is 6.97. The molecule has 0 aromatic carbocycles. The van der Waals surface area contributed by atoms with Gasteiger partial charge in [0, 0.05) is 26.1 Å². The highest BCUT2D eigenvalue weighted by molar-refractivity contribution is 4.88. The highest BCUT2D eigenvalue weighted by Gasteiger charge is 2.37. The van der Waals surface area contributed by atoms with Crippen molar-refractivity contribution in [1.29, 1.82) is 0 Å². The molecule has 3 aliphatic heterocycles. The molecule has 10 heavy (non-hydrogen) atoms. The van der Waals surface area contributed by atoms with Gasteiger partial charge < -0.3 is 9.84 Å². The summed E-state index contributed by atoms with van der Waals surface area (Å²) in [7, 11) is 0. The molecule has 58 valence electrons. The summed E-state index contributed by atoms with van der Waals surface area (Å²) in [4.78, 5) is 2.27. The van der Waals surface area contributed by atoms with Gasteiger partial charge in [0.2, 0.25) is 0 Å². The van der Waals surface area contributed by atoms with Gasteiger partial charge in [-0.3, -0.25) is 4.90 Å². The average molecular weight is 143 g/mol. The molecule has 3 heterocycles. The third-order valence-electron chi connectivity index (χ3n) is 2.25. The van der Waals surface area contributed by atoms with Crippen molar-refractivity contribution in [2.24, 2.45) is 0 Å². The van der Waals surface area contributed by atoms with Crippen molar-refractivity contribution in [3.05, 3.63) is 0 Å². The van der Waals surface area contributed by atoms with E-state index in [4.69, 9.17) is 9.84 Å². The number of piperidine rings is 1. The molecule has 0 aromatic heterocycles. The summed E-state index contributed by atoms with van der Waals surface area (Å²) in [5.41, 5.74) is 0. The number of hydrogen-bond donors (Lipinski definition) is 1. The minimum atomic E-state index is 0.277. The van der Waals surface area contributed by atoms with Crippen LogP contribution in [0, 0.1) is 0 Å². The van der Waals surface area contributed by atoms with E-state index in [-0.39, 0.29) is 6.61 Å². The standard InChI is InChI=1S/C7H13NO2/c9-2-1-8-4-6-3-7(5-8)10-6/h6-7,9H,1-5H2. The zero-order valence-corrected chi connectivity index (χ0v) is 5.99. The summed E-state index contributed by atoms with van der Waals surface area (Å²) < 4.78 is 5.43. The lowest BCUT2D eigenvalue weighted by Crippen LogP contribution is -2.57. The van der Waals surface area contributed by atoms with Crippen LogP contribution < -0.4 is 0 Å². The number of aliphatic hydroxyl groups excluding tert-OH is 1. The van der Waals surface area contributed by atoms with Gasteiger partial charge in [0.25, 0.3) is 0 Å². The summed E-state index contributed by atoms with van der Waals surface area (Å²) in [5.74, 6) is 0. The molecule has 2 unspecified atom stereocenters. The normalized spacial score (nSPS) is 39.3.